The van der Waals surface area contributed by atoms with Crippen molar-refractivity contribution in [2.45, 2.75) is 26.2 Å². The molecule has 0 unspecified atom stereocenters. The predicted octanol–water partition coefficient (Wildman–Crippen LogP) is 3.32. The van der Waals surface area contributed by atoms with Gasteiger partial charge in [0, 0.05) is 49.0 Å². The molecule has 1 N–H and O–H groups in total. The maximum absolute atomic E-state index is 4.56. The number of pyridine rings is 1. The molecule has 3 aromatic rings. The third-order valence-electron chi connectivity index (χ3n) is 4.40. The second kappa shape index (κ2) is 5.40. The van der Waals surface area contributed by atoms with Crippen LogP contribution < -0.4 is 4.90 Å². The van der Waals surface area contributed by atoms with E-state index in [1.165, 1.54) is 35.9 Å². The number of hydrogen-bond acceptors (Lipinski definition) is 4. The number of aromatic nitrogens is 4. The van der Waals surface area contributed by atoms with Gasteiger partial charge in [0.25, 0.3) is 0 Å². The highest BCUT2D eigenvalue weighted by molar-refractivity contribution is 6.03. The van der Waals surface area contributed by atoms with Gasteiger partial charge in [-0.1, -0.05) is 0 Å². The maximum atomic E-state index is 4.56. The lowest BCUT2D eigenvalue weighted by atomic mass is 10.0. The molecule has 112 valence electrons. The fraction of sp³-hybridized carbons (Fsp3) is 0.353. The Morgan fingerprint density at radius 3 is 2.59 bits per heavy atom. The van der Waals surface area contributed by atoms with Crippen molar-refractivity contribution in [3.63, 3.8) is 0 Å². The lowest BCUT2D eigenvalue weighted by Crippen LogP contribution is -2.30. The van der Waals surface area contributed by atoms with E-state index in [1.807, 2.05) is 24.8 Å². The summed E-state index contributed by atoms with van der Waals surface area (Å²) >= 11 is 0. The lowest BCUT2D eigenvalue weighted by Gasteiger charge is -2.31. The summed E-state index contributed by atoms with van der Waals surface area (Å²) in [5.74, 6) is 0. The van der Waals surface area contributed by atoms with E-state index in [4.69, 9.17) is 0 Å². The monoisotopic (exact) mass is 293 g/mol. The minimum Gasteiger partial charge on any atom is -0.371 e. The number of aromatic amines is 1. The van der Waals surface area contributed by atoms with Crippen molar-refractivity contribution >= 4 is 16.7 Å². The third kappa shape index (κ3) is 2.13. The Labute approximate surface area is 129 Å². The minimum absolute atomic E-state index is 0.935. The van der Waals surface area contributed by atoms with Crippen molar-refractivity contribution in [3.05, 3.63) is 36.7 Å². The second-order valence-electron chi connectivity index (χ2n) is 5.89. The molecule has 1 aliphatic heterocycles. The summed E-state index contributed by atoms with van der Waals surface area (Å²) in [5, 5.41) is 1.19. The van der Waals surface area contributed by atoms with Gasteiger partial charge in [-0.25, -0.2) is 15.0 Å². The van der Waals surface area contributed by atoms with Crippen molar-refractivity contribution in [2.24, 2.45) is 0 Å². The van der Waals surface area contributed by atoms with Gasteiger partial charge in [0.15, 0.2) is 0 Å². The first kappa shape index (κ1) is 13.2. The van der Waals surface area contributed by atoms with Gasteiger partial charge in [-0.15, -0.1) is 0 Å². The van der Waals surface area contributed by atoms with Gasteiger partial charge in [-0.2, -0.15) is 0 Å². The molecule has 1 aliphatic rings. The molecule has 0 bridgehead atoms. The van der Waals surface area contributed by atoms with Crippen LogP contribution in [0.5, 0.6) is 0 Å². The lowest BCUT2D eigenvalue weighted by molar-refractivity contribution is 0.578. The molecule has 4 rings (SSSR count). The highest BCUT2D eigenvalue weighted by atomic mass is 15.1. The first-order chi connectivity index (χ1) is 10.8. The molecule has 5 nitrogen and oxygen atoms in total. The van der Waals surface area contributed by atoms with E-state index >= 15 is 0 Å². The molecular formula is C17H19N5. The van der Waals surface area contributed by atoms with Crippen LogP contribution in [-0.4, -0.2) is 33.0 Å². The molecule has 0 spiro atoms. The molecule has 1 saturated heterocycles. The number of rotatable bonds is 2. The van der Waals surface area contributed by atoms with Crippen LogP contribution in [0.15, 0.2) is 31.1 Å². The Kier molecular flexibility index (Phi) is 3.25. The predicted molar refractivity (Wildman–Crippen MR) is 87.9 cm³/mol. The molecule has 0 aromatic carbocycles. The second-order valence-corrected chi connectivity index (χ2v) is 5.89. The zero-order valence-corrected chi connectivity index (χ0v) is 12.7. The van der Waals surface area contributed by atoms with Crippen LogP contribution in [0, 0.1) is 6.92 Å². The van der Waals surface area contributed by atoms with Crippen molar-refractivity contribution in [2.75, 3.05) is 18.0 Å². The SMILES string of the molecule is Cc1cnc2[nH]cc(-c3cncnc3)c2c1N1CCCCC1. The maximum Gasteiger partial charge on any atom is 0.139 e. The van der Waals surface area contributed by atoms with Crippen LogP contribution in [0.3, 0.4) is 0 Å². The Balaban J connectivity index is 1.94. The Morgan fingerprint density at radius 1 is 1.05 bits per heavy atom. The summed E-state index contributed by atoms with van der Waals surface area (Å²) in [7, 11) is 0. The number of nitrogens with one attached hydrogen (secondary N) is 1. The molecular weight excluding hydrogens is 274 g/mol. The molecule has 4 heterocycles. The molecule has 0 saturated carbocycles. The Bertz CT molecular complexity index is 787. The zero-order chi connectivity index (χ0) is 14.9. The minimum atomic E-state index is 0.935. The van der Waals surface area contributed by atoms with Crippen LogP contribution in [0.2, 0.25) is 0 Å². The zero-order valence-electron chi connectivity index (χ0n) is 12.7. The Hall–Kier alpha value is -2.43. The van der Waals surface area contributed by atoms with Crippen LogP contribution in [0.1, 0.15) is 24.8 Å². The number of piperidine rings is 1. The number of aryl methyl sites for hydroxylation is 1. The van der Waals surface area contributed by atoms with Gasteiger partial charge in [-0.3, -0.25) is 0 Å². The van der Waals surface area contributed by atoms with Gasteiger partial charge in [0.2, 0.25) is 0 Å². The first-order valence-corrected chi connectivity index (χ1v) is 7.81. The fourth-order valence-corrected chi connectivity index (χ4v) is 3.36. The van der Waals surface area contributed by atoms with Gasteiger partial charge < -0.3 is 9.88 Å². The highest BCUT2D eigenvalue weighted by Gasteiger charge is 2.20. The number of nitrogens with zero attached hydrogens (tertiary/aromatic N) is 4. The quantitative estimate of drug-likeness (QED) is 0.787. The van der Waals surface area contributed by atoms with E-state index in [2.05, 4.69) is 31.8 Å². The molecule has 0 atom stereocenters. The van der Waals surface area contributed by atoms with Crippen molar-refractivity contribution in [1.82, 2.24) is 19.9 Å². The third-order valence-corrected chi connectivity index (χ3v) is 4.40. The number of hydrogen-bond donors (Lipinski definition) is 1. The van der Waals surface area contributed by atoms with Crippen molar-refractivity contribution in [3.8, 4) is 11.1 Å². The van der Waals surface area contributed by atoms with Crippen LogP contribution >= 0.6 is 0 Å². The highest BCUT2D eigenvalue weighted by Crippen LogP contribution is 2.37. The topological polar surface area (TPSA) is 57.7 Å². The summed E-state index contributed by atoms with van der Waals surface area (Å²) in [6, 6.07) is 0. The van der Waals surface area contributed by atoms with Crippen LogP contribution in [0.4, 0.5) is 5.69 Å². The van der Waals surface area contributed by atoms with Crippen molar-refractivity contribution < 1.29 is 0 Å². The molecule has 0 radical (unpaired) electrons. The number of H-pyrrole nitrogens is 1. The number of anilines is 1. The normalized spacial score (nSPS) is 15.4. The molecule has 1 fully saturated rings. The average Bonchev–Trinajstić information content (AvgIpc) is 3.00. The smallest absolute Gasteiger partial charge is 0.139 e. The van der Waals surface area contributed by atoms with Gasteiger partial charge in [0.1, 0.15) is 12.0 Å². The average molecular weight is 293 g/mol. The Morgan fingerprint density at radius 2 is 1.82 bits per heavy atom. The van der Waals surface area contributed by atoms with E-state index in [1.54, 1.807) is 6.33 Å². The van der Waals surface area contributed by atoms with Crippen LogP contribution in [-0.2, 0) is 0 Å². The van der Waals surface area contributed by atoms with Gasteiger partial charge >= 0.3 is 0 Å². The molecule has 0 amide bonds. The van der Waals surface area contributed by atoms with E-state index < -0.39 is 0 Å². The molecule has 0 aliphatic carbocycles. The number of fused-ring (bicyclic) bond motifs is 1. The van der Waals surface area contributed by atoms with E-state index in [9.17, 15) is 0 Å². The summed E-state index contributed by atoms with van der Waals surface area (Å²) in [4.78, 5) is 18.7. The largest absolute Gasteiger partial charge is 0.371 e. The molecule has 3 aromatic heterocycles. The first-order valence-electron chi connectivity index (χ1n) is 7.81. The fourth-order valence-electron chi connectivity index (χ4n) is 3.36. The molecule has 5 heteroatoms. The summed E-state index contributed by atoms with van der Waals surface area (Å²) in [6.45, 7) is 4.39. The van der Waals surface area contributed by atoms with Crippen LogP contribution in [0.25, 0.3) is 22.2 Å². The van der Waals surface area contributed by atoms with E-state index in [-0.39, 0.29) is 0 Å². The summed E-state index contributed by atoms with van der Waals surface area (Å²) < 4.78 is 0. The standard InChI is InChI=1S/C17H19N5/c1-12-7-20-17-15(16(12)22-5-3-2-4-6-22)14(10-21-17)13-8-18-11-19-9-13/h7-11H,2-6H2,1H3,(H,20,21). The van der Waals surface area contributed by atoms with Crippen molar-refractivity contribution in [1.29, 1.82) is 0 Å². The van der Waals surface area contributed by atoms with Gasteiger partial charge in [0.05, 0.1) is 11.1 Å². The van der Waals surface area contributed by atoms with Gasteiger partial charge in [-0.05, 0) is 31.7 Å². The van der Waals surface area contributed by atoms with E-state index in [0.29, 0.717) is 0 Å². The van der Waals surface area contributed by atoms with E-state index in [0.717, 1.165) is 29.9 Å². The summed E-state index contributed by atoms with van der Waals surface area (Å²) in [6.07, 6.45) is 13.1. The molecule has 22 heavy (non-hydrogen) atoms. The summed E-state index contributed by atoms with van der Waals surface area (Å²) in [5.41, 5.74) is 5.63.